The van der Waals surface area contributed by atoms with E-state index in [1.165, 1.54) is 51.7 Å². The fraction of sp³-hybridized carbons (Fsp3) is 1.00. The van der Waals surface area contributed by atoms with Crippen molar-refractivity contribution in [3.63, 3.8) is 0 Å². The topological polar surface area (TPSA) is 24.5 Å². The van der Waals surface area contributed by atoms with Gasteiger partial charge in [0, 0.05) is 26.3 Å². The van der Waals surface area contributed by atoms with E-state index in [0.717, 1.165) is 32.7 Å². The van der Waals surface area contributed by atoms with Gasteiger partial charge < -0.3 is 15.0 Å². The Hall–Kier alpha value is -0.120. The molecule has 1 aliphatic heterocycles. The zero-order chi connectivity index (χ0) is 12.2. The van der Waals surface area contributed by atoms with Gasteiger partial charge >= 0.3 is 0 Å². The summed E-state index contributed by atoms with van der Waals surface area (Å²) in [6.07, 6.45) is 7.79. The Morgan fingerprint density at radius 2 is 1.76 bits per heavy atom. The Bertz CT molecular complexity index is 158. The van der Waals surface area contributed by atoms with Gasteiger partial charge in [-0.25, -0.2) is 0 Å². The van der Waals surface area contributed by atoms with Gasteiger partial charge in [0.05, 0.1) is 0 Å². The molecule has 0 aliphatic carbocycles. The van der Waals surface area contributed by atoms with Crippen LogP contribution in [0.2, 0.25) is 0 Å². The van der Waals surface area contributed by atoms with Gasteiger partial charge in [0.15, 0.2) is 0 Å². The second-order valence-corrected chi connectivity index (χ2v) is 4.97. The molecule has 0 aromatic rings. The predicted octanol–water partition coefficient (Wildman–Crippen LogP) is 2.27. The van der Waals surface area contributed by atoms with Crippen LogP contribution >= 0.6 is 0 Å². The van der Waals surface area contributed by atoms with Gasteiger partial charge in [-0.2, -0.15) is 0 Å². The maximum atomic E-state index is 5.52. The molecule has 0 aromatic heterocycles. The lowest BCUT2D eigenvalue weighted by atomic mass is 10.1. The van der Waals surface area contributed by atoms with E-state index >= 15 is 0 Å². The lowest BCUT2D eigenvalue weighted by Crippen LogP contribution is -2.36. The van der Waals surface area contributed by atoms with Crippen molar-refractivity contribution >= 4 is 0 Å². The molecule has 1 aliphatic rings. The molecule has 0 unspecified atom stereocenters. The monoisotopic (exact) mass is 242 g/mol. The largest absolute Gasteiger partial charge is 0.381 e. The van der Waals surface area contributed by atoms with Crippen LogP contribution in [-0.2, 0) is 4.74 Å². The first-order chi connectivity index (χ1) is 8.43. The number of hydrogen-bond donors (Lipinski definition) is 1. The minimum atomic E-state index is 0.913. The van der Waals surface area contributed by atoms with Gasteiger partial charge in [-0.1, -0.05) is 19.8 Å². The Balaban J connectivity index is 1.75. The number of hydrogen-bond acceptors (Lipinski definition) is 3. The van der Waals surface area contributed by atoms with Crippen molar-refractivity contribution < 1.29 is 4.74 Å². The van der Waals surface area contributed by atoms with Crippen LogP contribution in [0.5, 0.6) is 0 Å². The third-order valence-corrected chi connectivity index (χ3v) is 3.34. The van der Waals surface area contributed by atoms with E-state index in [0.29, 0.717) is 0 Å². The van der Waals surface area contributed by atoms with E-state index in [1.807, 2.05) is 0 Å². The quantitative estimate of drug-likeness (QED) is 0.595. The number of nitrogens with zero attached hydrogens (tertiary/aromatic N) is 1. The molecule has 0 spiro atoms. The molecule has 1 rings (SSSR count). The first-order valence-corrected chi connectivity index (χ1v) is 7.44. The molecule has 17 heavy (non-hydrogen) atoms. The molecular weight excluding hydrogens is 212 g/mol. The molecule has 0 radical (unpaired) electrons. The van der Waals surface area contributed by atoms with Crippen LogP contribution in [0.25, 0.3) is 0 Å². The smallest absolute Gasteiger partial charge is 0.0478 e. The van der Waals surface area contributed by atoms with E-state index in [2.05, 4.69) is 17.1 Å². The zero-order valence-electron chi connectivity index (χ0n) is 11.5. The fourth-order valence-corrected chi connectivity index (χ4v) is 2.19. The lowest BCUT2D eigenvalue weighted by Gasteiger charge is -2.26. The standard InChI is InChI=1S/C14H30N2O/c1-2-3-13-17-14-7-8-15-9-12-16-10-5-4-6-11-16/h15H,2-14H2,1H3. The van der Waals surface area contributed by atoms with Crippen LogP contribution in [0.3, 0.4) is 0 Å². The highest BCUT2D eigenvalue weighted by atomic mass is 16.5. The fourth-order valence-electron chi connectivity index (χ4n) is 2.19. The van der Waals surface area contributed by atoms with E-state index < -0.39 is 0 Å². The molecule has 1 saturated heterocycles. The molecule has 0 atom stereocenters. The van der Waals surface area contributed by atoms with Crippen LogP contribution in [0.1, 0.15) is 45.4 Å². The first-order valence-electron chi connectivity index (χ1n) is 7.44. The van der Waals surface area contributed by atoms with Crippen molar-refractivity contribution in [2.45, 2.75) is 45.4 Å². The molecule has 0 saturated carbocycles. The highest BCUT2D eigenvalue weighted by molar-refractivity contribution is 4.65. The lowest BCUT2D eigenvalue weighted by molar-refractivity contribution is 0.128. The van der Waals surface area contributed by atoms with Crippen LogP contribution in [0, 0.1) is 0 Å². The van der Waals surface area contributed by atoms with Gasteiger partial charge in [-0.05, 0) is 45.3 Å². The number of ether oxygens (including phenoxy) is 1. The number of unbranched alkanes of at least 4 members (excludes halogenated alkanes) is 1. The summed E-state index contributed by atoms with van der Waals surface area (Å²) in [6, 6.07) is 0. The molecule has 1 N–H and O–H groups in total. The highest BCUT2D eigenvalue weighted by Crippen LogP contribution is 2.07. The molecule has 0 aromatic carbocycles. The summed E-state index contributed by atoms with van der Waals surface area (Å²) >= 11 is 0. The average Bonchev–Trinajstić information content (AvgIpc) is 2.38. The average molecular weight is 242 g/mol. The Morgan fingerprint density at radius 3 is 2.53 bits per heavy atom. The van der Waals surface area contributed by atoms with Crippen molar-refractivity contribution in [3.8, 4) is 0 Å². The molecule has 0 amide bonds. The Labute approximate surface area is 107 Å². The summed E-state index contributed by atoms with van der Waals surface area (Å²) < 4.78 is 5.52. The predicted molar refractivity (Wildman–Crippen MR) is 73.5 cm³/mol. The SMILES string of the molecule is CCCCOCCCNCCN1CCCCC1. The Morgan fingerprint density at radius 1 is 1.00 bits per heavy atom. The van der Waals surface area contributed by atoms with Gasteiger partial charge in [0.25, 0.3) is 0 Å². The molecule has 3 heteroatoms. The molecular formula is C14H30N2O. The van der Waals surface area contributed by atoms with Crippen molar-refractivity contribution in [1.82, 2.24) is 10.2 Å². The molecule has 1 fully saturated rings. The zero-order valence-corrected chi connectivity index (χ0v) is 11.5. The van der Waals surface area contributed by atoms with Gasteiger partial charge in [0.1, 0.15) is 0 Å². The van der Waals surface area contributed by atoms with Crippen LogP contribution in [0.4, 0.5) is 0 Å². The van der Waals surface area contributed by atoms with E-state index in [9.17, 15) is 0 Å². The summed E-state index contributed by atoms with van der Waals surface area (Å²) in [7, 11) is 0. The van der Waals surface area contributed by atoms with Crippen LogP contribution in [0.15, 0.2) is 0 Å². The van der Waals surface area contributed by atoms with Gasteiger partial charge in [-0.3, -0.25) is 0 Å². The van der Waals surface area contributed by atoms with Crippen molar-refractivity contribution in [3.05, 3.63) is 0 Å². The summed E-state index contributed by atoms with van der Waals surface area (Å²) in [5.41, 5.74) is 0. The summed E-state index contributed by atoms with van der Waals surface area (Å²) in [6.45, 7) is 10.1. The van der Waals surface area contributed by atoms with E-state index in [4.69, 9.17) is 4.74 Å². The first kappa shape index (κ1) is 14.9. The third-order valence-electron chi connectivity index (χ3n) is 3.34. The number of nitrogens with one attached hydrogen (secondary N) is 1. The van der Waals surface area contributed by atoms with Crippen molar-refractivity contribution in [1.29, 1.82) is 0 Å². The summed E-state index contributed by atoms with van der Waals surface area (Å²) in [4.78, 5) is 2.58. The molecule has 0 bridgehead atoms. The second kappa shape index (κ2) is 11.0. The minimum Gasteiger partial charge on any atom is -0.381 e. The molecule has 1 heterocycles. The van der Waals surface area contributed by atoms with Crippen LogP contribution < -0.4 is 5.32 Å². The third kappa shape index (κ3) is 8.58. The minimum absolute atomic E-state index is 0.913. The number of rotatable bonds is 10. The maximum Gasteiger partial charge on any atom is 0.0478 e. The van der Waals surface area contributed by atoms with E-state index in [-0.39, 0.29) is 0 Å². The van der Waals surface area contributed by atoms with E-state index in [1.54, 1.807) is 0 Å². The Kier molecular flexibility index (Phi) is 9.66. The summed E-state index contributed by atoms with van der Waals surface area (Å²) in [5, 5.41) is 3.50. The van der Waals surface area contributed by atoms with Gasteiger partial charge in [0.2, 0.25) is 0 Å². The van der Waals surface area contributed by atoms with Crippen LogP contribution in [-0.4, -0.2) is 50.8 Å². The van der Waals surface area contributed by atoms with Gasteiger partial charge in [-0.15, -0.1) is 0 Å². The van der Waals surface area contributed by atoms with Crippen molar-refractivity contribution in [2.24, 2.45) is 0 Å². The highest BCUT2D eigenvalue weighted by Gasteiger charge is 2.08. The molecule has 102 valence electrons. The normalized spacial score (nSPS) is 17.5. The molecule has 3 nitrogen and oxygen atoms in total. The second-order valence-electron chi connectivity index (χ2n) is 4.97. The maximum absolute atomic E-state index is 5.52. The number of likely N-dealkylation sites (tertiary alicyclic amines) is 1. The van der Waals surface area contributed by atoms with Crippen molar-refractivity contribution in [2.75, 3.05) is 45.9 Å². The summed E-state index contributed by atoms with van der Waals surface area (Å²) in [5.74, 6) is 0. The number of piperidine rings is 1.